The summed E-state index contributed by atoms with van der Waals surface area (Å²) in [6.45, 7) is 3.77. The van der Waals surface area contributed by atoms with Crippen molar-refractivity contribution in [2.45, 2.75) is 12.8 Å². The number of carbonyl (C=O) groups is 1. The lowest BCUT2D eigenvalue weighted by atomic mass is 10.1. The van der Waals surface area contributed by atoms with E-state index in [4.69, 9.17) is 9.47 Å². The Bertz CT molecular complexity index is 844. The van der Waals surface area contributed by atoms with Crippen molar-refractivity contribution in [3.63, 3.8) is 0 Å². The molecule has 1 N–H and O–H groups in total. The van der Waals surface area contributed by atoms with E-state index in [1.54, 1.807) is 13.2 Å². The number of amides is 1. The van der Waals surface area contributed by atoms with Crippen molar-refractivity contribution < 1.29 is 14.3 Å². The molecule has 152 valence electrons. The van der Waals surface area contributed by atoms with Crippen LogP contribution in [0.25, 0.3) is 6.08 Å². The lowest BCUT2D eigenvalue weighted by Gasteiger charge is -2.31. The summed E-state index contributed by atoms with van der Waals surface area (Å²) in [6.07, 6.45) is 5.65. The van der Waals surface area contributed by atoms with Crippen LogP contribution in [0.1, 0.15) is 18.4 Å². The van der Waals surface area contributed by atoms with Crippen LogP contribution in [-0.2, 0) is 14.3 Å². The summed E-state index contributed by atoms with van der Waals surface area (Å²) in [5.41, 5.74) is 4.68. The van der Waals surface area contributed by atoms with Crippen LogP contribution in [0.3, 0.4) is 0 Å². The van der Waals surface area contributed by atoms with Crippen molar-refractivity contribution >= 4 is 12.0 Å². The van der Waals surface area contributed by atoms with Crippen molar-refractivity contribution in [1.29, 1.82) is 5.26 Å². The monoisotopic (exact) mass is 393 g/mol. The minimum absolute atomic E-state index is 0.128. The SMILES string of the molecule is COCCNC(=O)/C(C#N)=C/C1=C(N2CCOCC2)C(=C\c2ccccc2)/CC1. The highest BCUT2D eigenvalue weighted by Crippen LogP contribution is 2.36. The van der Waals surface area contributed by atoms with Gasteiger partial charge in [-0.2, -0.15) is 5.26 Å². The molecule has 6 heteroatoms. The molecule has 1 aliphatic carbocycles. The van der Waals surface area contributed by atoms with Gasteiger partial charge in [0.05, 0.1) is 19.8 Å². The second-order valence-electron chi connectivity index (χ2n) is 6.97. The molecule has 29 heavy (non-hydrogen) atoms. The van der Waals surface area contributed by atoms with Gasteiger partial charge in [-0.15, -0.1) is 0 Å². The molecule has 1 amide bonds. The minimum atomic E-state index is -0.362. The molecule has 0 aromatic heterocycles. The van der Waals surface area contributed by atoms with Gasteiger partial charge < -0.3 is 19.7 Å². The summed E-state index contributed by atoms with van der Waals surface area (Å²) in [4.78, 5) is 14.7. The molecule has 1 saturated heterocycles. The average Bonchev–Trinajstić information content (AvgIpc) is 3.15. The molecule has 0 spiro atoms. The number of nitriles is 1. The predicted molar refractivity (Wildman–Crippen MR) is 112 cm³/mol. The first kappa shape index (κ1) is 20.8. The lowest BCUT2D eigenvalue weighted by molar-refractivity contribution is -0.117. The maximum Gasteiger partial charge on any atom is 0.262 e. The Labute approximate surface area is 172 Å². The van der Waals surface area contributed by atoms with Crippen LogP contribution in [0.4, 0.5) is 0 Å². The zero-order chi connectivity index (χ0) is 20.5. The molecule has 1 heterocycles. The highest BCUT2D eigenvalue weighted by molar-refractivity contribution is 5.97. The number of allylic oxidation sites excluding steroid dienone is 3. The quantitative estimate of drug-likeness (QED) is 0.438. The molecule has 1 aliphatic heterocycles. The van der Waals surface area contributed by atoms with Gasteiger partial charge in [-0.25, -0.2) is 0 Å². The number of hydrogen-bond donors (Lipinski definition) is 1. The third-order valence-corrected chi connectivity index (χ3v) is 5.02. The van der Waals surface area contributed by atoms with Gasteiger partial charge in [-0.05, 0) is 41.7 Å². The predicted octanol–water partition coefficient (Wildman–Crippen LogP) is 2.66. The summed E-state index contributed by atoms with van der Waals surface area (Å²) in [5.74, 6) is -0.362. The zero-order valence-corrected chi connectivity index (χ0v) is 16.8. The second kappa shape index (κ2) is 10.6. The van der Waals surface area contributed by atoms with E-state index in [0.717, 1.165) is 42.8 Å². The molecule has 1 fully saturated rings. The molecule has 1 aromatic carbocycles. The third-order valence-electron chi connectivity index (χ3n) is 5.02. The summed E-state index contributed by atoms with van der Waals surface area (Å²) >= 11 is 0. The Kier molecular flexibility index (Phi) is 7.62. The highest BCUT2D eigenvalue weighted by atomic mass is 16.5. The van der Waals surface area contributed by atoms with Crippen molar-refractivity contribution in [2.24, 2.45) is 0 Å². The van der Waals surface area contributed by atoms with Crippen LogP contribution >= 0.6 is 0 Å². The fraction of sp³-hybridized carbons (Fsp3) is 0.391. The number of benzene rings is 1. The van der Waals surface area contributed by atoms with Crippen LogP contribution in [0.2, 0.25) is 0 Å². The van der Waals surface area contributed by atoms with E-state index in [1.165, 1.54) is 5.57 Å². The Hall–Kier alpha value is -2.88. The molecule has 2 aliphatic rings. The molecule has 0 bridgehead atoms. The molecule has 3 rings (SSSR count). The Balaban J connectivity index is 1.93. The largest absolute Gasteiger partial charge is 0.383 e. The first-order valence-electron chi connectivity index (χ1n) is 9.93. The number of nitrogens with one attached hydrogen (secondary N) is 1. The summed E-state index contributed by atoms with van der Waals surface area (Å²) in [7, 11) is 1.58. The molecule has 1 aromatic rings. The number of nitrogens with zero attached hydrogens (tertiary/aromatic N) is 2. The number of rotatable bonds is 7. The molecule has 0 saturated carbocycles. The number of hydrogen-bond acceptors (Lipinski definition) is 5. The molecular weight excluding hydrogens is 366 g/mol. The normalized spacial score (nSPS) is 18.8. The maximum atomic E-state index is 12.4. The first-order valence-corrected chi connectivity index (χ1v) is 9.93. The highest BCUT2D eigenvalue weighted by Gasteiger charge is 2.26. The van der Waals surface area contributed by atoms with Gasteiger partial charge in [0.15, 0.2) is 0 Å². The molecular formula is C23H27N3O3. The first-order chi connectivity index (χ1) is 14.2. The van der Waals surface area contributed by atoms with Crippen LogP contribution in [0.15, 0.2) is 58.8 Å². The summed E-state index contributed by atoms with van der Waals surface area (Å²) in [6, 6.07) is 12.3. The summed E-state index contributed by atoms with van der Waals surface area (Å²) in [5, 5.41) is 12.3. The fourth-order valence-electron chi connectivity index (χ4n) is 3.62. The van der Waals surface area contributed by atoms with Gasteiger partial charge in [-0.3, -0.25) is 4.79 Å². The smallest absolute Gasteiger partial charge is 0.262 e. The van der Waals surface area contributed by atoms with Crippen molar-refractivity contribution in [2.75, 3.05) is 46.6 Å². The molecule has 0 unspecified atom stereocenters. The van der Waals surface area contributed by atoms with Crippen LogP contribution in [-0.4, -0.2) is 57.4 Å². The Morgan fingerprint density at radius 1 is 1.28 bits per heavy atom. The van der Waals surface area contributed by atoms with E-state index in [9.17, 15) is 10.1 Å². The minimum Gasteiger partial charge on any atom is -0.383 e. The van der Waals surface area contributed by atoms with Crippen LogP contribution < -0.4 is 5.32 Å². The topological polar surface area (TPSA) is 74.6 Å². The molecule has 0 atom stereocenters. The fourth-order valence-corrected chi connectivity index (χ4v) is 3.62. The standard InChI is InChI=1S/C23H27N3O3/c1-28-12-9-25-23(27)21(17-24)16-20-8-7-19(15-18-5-3-2-4-6-18)22(20)26-10-13-29-14-11-26/h2-6,15-16H,7-14H2,1H3,(H,25,27)/b19-15-,21-16+. The van der Waals surface area contributed by atoms with Crippen LogP contribution in [0.5, 0.6) is 0 Å². The number of ether oxygens (including phenoxy) is 2. The van der Waals surface area contributed by atoms with Crippen molar-refractivity contribution in [3.8, 4) is 6.07 Å². The molecule has 0 radical (unpaired) electrons. The van der Waals surface area contributed by atoms with Crippen LogP contribution in [0, 0.1) is 11.3 Å². The van der Waals surface area contributed by atoms with E-state index in [-0.39, 0.29) is 11.5 Å². The third kappa shape index (κ3) is 5.57. The summed E-state index contributed by atoms with van der Waals surface area (Å²) < 4.78 is 10.5. The average molecular weight is 393 g/mol. The Morgan fingerprint density at radius 3 is 2.72 bits per heavy atom. The van der Waals surface area contributed by atoms with Gasteiger partial charge >= 0.3 is 0 Å². The number of morpholine rings is 1. The van der Waals surface area contributed by atoms with Gasteiger partial charge in [0.1, 0.15) is 11.6 Å². The van der Waals surface area contributed by atoms with Crippen molar-refractivity contribution in [1.82, 2.24) is 10.2 Å². The van der Waals surface area contributed by atoms with Gasteiger partial charge in [0, 0.05) is 32.4 Å². The van der Waals surface area contributed by atoms with E-state index in [2.05, 4.69) is 34.5 Å². The Morgan fingerprint density at radius 2 is 2.03 bits per heavy atom. The number of methoxy groups -OCH3 is 1. The second-order valence-corrected chi connectivity index (χ2v) is 6.97. The van der Waals surface area contributed by atoms with Gasteiger partial charge in [-0.1, -0.05) is 30.3 Å². The van der Waals surface area contributed by atoms with Gasteiger partial charge in [0.2, 0.25) is 0 Å². The van der Waals surface area contributed by atoms with E-state index >= 15 is 0 Å². The lowest BCUT2D eigenvalue weighted by Crippen LogP contribution is -2.36. The maximum absolute atomic E-state index is 12.4. The molecule has 6 nitrogen and oxygen atoms in total. The zero-order valence-electron chi connectivity index (χ0n) is 16.8. The van der Waals surface area contributed by atoms with Gasteiger partial charge in [0.25, 0.3) is 5.91 Å². The van der Waals surface area contributed by atoms with E-state index < -0.39 is 0 Å². The van der Waals surface area contributed by atoms with E-state index in [1.807, 2.05) is 18.2 Å². The van der Waals surface area contributed by atoms with E-state index in [0.29, 0.717) is 26.4 Å². The number of carbonyl (C=O) groups excluding carboxylic acids is 1. The van der Waals surface area contributed by atoms with Crippen molar-refractivity contribution in [3.05, 3.63) is 64.4 Å².